The Bertz CT molecular complexity index is 1570. The van der Waals surface area contributed by atoms with Crippen molar-refractivity contribution < 1.29 is 9.59 Å². The molecule has 38 heavy (non-hydrogen) atoms. The lowest BCUT2D eigenvalue weighted by atomic mass is 9.88. The van der Waals surface area contributed by atoms with Crippen molar-refractivity contribution in [3.63, 3.8) is 0 Å². The molecule has 0 aliphatic carbocycles. The quantitative estimate of drug-likeness (QED) is 0.273. The van der Waals surface area contributed by atoms with Crippen molar-refractivity contribution in [3.05, 3.63) is 156 Å². The Kier molecular flexibility index (Phi) is 4.91. The lowest BCUT2D eigenvalue weighted by Gasteiger charge is -2.61. The topological polar surface area (TPSA) is 43.9 Å². The molecule has 0 unspecified atom stereocenters. The van der Waals surface area contributed by atoms with Crippen molar-refractivity contribution in [2.45, 2.75) is 5.79 Å². The summed E-state index contributed by atoms with van der Waals surface area (Å²) < 4.78 is 0. The molecule has 182 valence electrons. The Morgan fingerprint density at radius 1 is 0.395 bits per heavy atom. The van der Waals surface area contributed by atoms with Crippen molar-refractivity contribution in [1.29, 1.82) is 0 Å². The highest BCUT2D eigenvalue weighted by atomic mass is 16.2. The molecule has 5 aromatic rings. The summed E-state index contributed by atoms with van der Waals surface area (Å²) in [5.41, 5.74) is 4.80. The molecule has 0 N–H and O–H groups in total. The van der Waals surface area contributed by atoms with E-state index in [4.69, 9.17) is 0 Å². The van der Waals surface area contributed by atoms with Gasteiger partial charge in [-0.05, 0) is 48.5 Å². The number of hydrogen-bond acceptors (Lipinski definition) is 3. The molecule has 5 heteroatoms. The van der Waals surface area contributed by atoms with Crippen molar-refractivity contribution in [2.75, 3.05) is 14.7 Å². The van der Waals surface area contributed by atoms with Gasteiger partial charge in [-0.25, -0.2) is 0 Å². The fourth-order valence-corrected chi connectivity index (χ4v) is 5.79. The molecule has 0 atom stereocenters. The van der Waals surface area contributed by atoms with Crippen molar-refractivity contribution in [2.24, 2.45) is 0 Å². The van der Waals surface area contributed by atoms with Gasteiger partial charge >= 0.3 is 0 Å². The van der Waals surface area contributed by atoms with E-state index in [2.05, 4.69) is 4.90 Å². The van der Waals surface area contributed by atoms with Gasteiger partial charge < -0.3 is 0 Å². The van der Waals surface area contributed by atoms with Crippen LogP contribution in [0.25, 0.3) is 0 Å². The maximum atomic E-state index is 14.6. The molecule has 0 spiro atoms. The van der Waals surface area contributed by atoms with E-state index in [1.807, 2.05) is 140 Å². The van der Waals surface area contributed by atoms with E-state index in [-0.39, 0.29) is 11.8 Å². The van der Waals surface area contributed by atoms with E-state index in [0.717, 1.165) is 16.9 Å². The van der Waals surface area contributed by atoms with E-state index in [1.54, 1.807) is 9.80 Å². The fourth-order valence-electron chi connectivity index (χ4n) is 5.79. The highest BCUT2D eigenvalue weighted by molar-refractivity contribution is 6.21. The maximum absolute atomic E-state index is 14.6. The van der Waals surface area contributed by atoms with Gasteiger partial charge in [0.25, 0.3) is 11.8 Å². The summed E-state index contributed by atoms with van der Waals surface area (Å²) in [6, 6.07) is 44.3. The lowest BCUT2D eigenvalue weighted by molar-refractivity contribution is 0.0886. The largest absolute Gasteiger partial charge is 0.294 e. The number of carbonyl (C=O) groups is 2. The van der Waals surface area contributed by atoms with Gasteiger partial charge in [0.2, 0.25) is 5.79 Å². The number of rotatable bonds is 3. The third-order valence-electron chi connectivity index (χ3n) is 7.28. The Hall–Kier alpha value is -5.16. The van der Waals surface area contributed by atoms with E-state index < -0.39 is 5.79 Å². The van der Waals surface area contributed by atoms with Crippen LogP contribution in [-0.2, 0) is 5.79 Å². The lowest BCUT2D eigenvalue weighted by Crippen LogP contribution is -2.74. The van der Waals surface area contributed by atoms with Crippen LogP contribution in [0.5, 0.6) is 0 Å². The SMILES string of the molecule is O=C1c2ccccc2N2c3ccccc3C(=O)N(c3ccccc3)C2(c2ccccc2)N1c1ccccc1. The minimum atomic E-state index is -1.36. The molecule has 0 saturated heterocycles. The first-order valence-electron chi connectivity index (χ1n) is 12.6. The van der Waals surface area contributed by atoms with E-state index in [9.17, 15) is 9.59 Å². The predicted molar refractivity (Wildman–Crippen MR) is 150 cm³/mol. The minimum absolute atomic E-state index is 0.181. The van der Waals surface area contributed by atoms with Gasteiger partial charge in [0.15, 0.2) is 0 Å². The van der Waals surface area contributed by atoms with Crippen LogP contribution >= 0.6 is 0 Å². The highest BCUT2D eigenvalue weighted by Crippen LogP contribution is 2.55. The molecule has 0 saturated carbocycles. The smallest absolute Gasteiger partial charge is 0.264 e. The van der Waals surface area contributed by atoms with Gasteiger partial charge in [-0.15, -0.1) is 0 Å². The Labute approximate surface area is 220 Å². The second-order valence-electron chi connectivity index (χ2n) is 9.32. The summed E-state index contributed by atoms with van der Waals surface area (Å²) in [5.74, 6) is -1.72. The first-order valence-corrected chi connectivity index (χ1v) is 12.6. The minimum Gasteiger partial charge on any atom is -0.294 e. The van der Waals surface area contributed by atoms with Gasteiger partial charge in [0.1, 0.15) is 0 Å². The standard InChI is InChI=1S/C33H23N3O2/c37-31-27-20-10-12-22-29(27)36-30-23-13-11-21-28(30)32(38)35(26-18-8-3-9-19-26)33(36,24-14-4-1-5-15-24)34(31)25-16-6-2-7-17-25/h1-23H. The second kappa shape index (κ2) is 8.46. The number of fused-ring (bicyclic) bond motifs is 5. The number of hydrogen-bond donors (Lipinski definition) is 0. The molecule has 2 aliphatic heterocycles. The van der Waals surface area contributed by atoms with Crippen LogP contribution in [0.15, 0.2) is 140 Å². The average molecular weight is 494 g/mol. The normalized spacial score (nSPS) is 15.5. The molecule has 0 bridgehead atoms. The molecule has 2 aliphatic rings. The molecular weight excluding hydrogens is 470 g/mol. The first kappa shape index (κ1) is 22.1. The molecule has 0 fully saturated rings. The number of anilines is 4. The second-order valence-corrected chi connectivity index (χ2v) is 9.32. The summed E-state index contributed by atoms with van der Waals surface area (Å²) in [6.45, 7) is 0. The van der Waals surface area contributed by atoms with Crippen LogP contribution in [0.2, 0.25) is 0 Å². The molecule has 0 aromatic heterocycles. The molecule has 5 nitrogen and oxygen atoms in total. The van der Waals surface area contributed by atoms with Gasteiger partial charge in [-0.3, -0.25) is 24.3 Å². The van der Waals surface area contributed by atoms with Crippen molar-refractivity contribution >= 4 is 34.6 Å². The third-order valence-corrected chi connectivity index (χ3v) is 7.28. The summed E-state index contributed by atoms with van der Waals surface area (Å²) in [4.78, 5) is 34.9. The van der Waals surface area contributed by atoms with Crippen molar-refractivity contribution in [3.8, 4) is 0 Å². The zero-order chi connectivity index (χ0) is 25.7. The predicted octanol–water partition coefficient (Wildman–Crippen LogP) is 6.96. The summed E-state index contributed by atoms with van der Waals surface area (Å²) >= 11 is 0. The molecule has 2 amide bonds. The summed E-state index contributed by atoms with van der Waals surface area (Å²) in [5, 5.41) is 0. The van der Waals surface area contributed by atoms with Gasteiger partial charge in [0, 0.05) is 16.9 Å². The van der Waals surface area contributed by atoms with Crippen LogP contribution in [0, 0.1) is 0 Å². The van der Waals surface area contributed by atoms with E-state index in [1.165, 1.54) is 0 Å². The van der Waals surface area contributed by atoms with E-state index in [0.29, 0.717) is 22.5 Å². The Morgan fingerprint density at radius 3 is 1.21 bits per heavy atom. The Balaban J connectivity index is 1.71. The highest BCUT2D eigenvalue weighted by Gasteiger charge is 2.61. The van der Waals surface area contributed by atoms with Gasteiger partial charge in [-0.2, -0.15) is 0 Å². The molecular formula is C33H23N3O2. The molecule has 0 radical (unpaired) electrons. The van der Waals surface area contributed by atoms with Crippen LogP contribution in [0.1, 0.15) is 26.3 Å². The van der Waals surface area contributed by atoms with Gasteiger partial charge in [0.05, 0.1) is 22.5 Å². The number of amides is 2. The van der Waals surface area contributed by atoms with Crippen LogP contribution in [-0.4, -0.2) is 11.8 Å². The van der Waals surface area contributed by atoms with Crippen molar-refractivity contribution in [1.82, 2.24) is 0 Å². The Morgan fingerprint density at radius 2 is 0.763 bits per heavy atom. The van der Waals surface area contributed by atoms with Crippen LogP contribution in [0.3, 0.4) is 0 Å². The number of para-hydroxylation sites is 4. The average Bonchev–Trinajstić information content (AvgIpc) is 2.99. The zero-order valence-electron chi connectivity index (χ0n) is 20.4. The zero-order valence-corrected chi connectivity index (χ0v) is 20.4. The van der Waals surface area contributed by atoms with Gasteiger partial charge in [-0.1, -0.05) is 91.0 Å². The molecule has 5 aromatic carbocycles. The number of nitrogens with zero attached hydrogens (tertiary/aromatic N) is 3. The summed E-state index contributed by atoms with van der Waals surface area (Å²) in [7, 11) is 0. The monoisotopic (exact) mass is 493 g/mol. The maximum Gasteiger partial charge on any atom is 0.264 e. The third kappa shape index (κ3) is 2.93. The molecule has 7 rings (SSSR count). The van der Waals surface area contributed by atoms with Crippen LogP contribution < -0.4 is 14.7 Å². The number of benzene rings is 5. The fraction of sp³-hybridized carbons (Fsp3) is 0.0303. The van der Waals surface area contributed by atoms with Crippen LogP contribution in [0.4, 0.5) is 22.7 Å². The molecule has 2 heterocycles. The first-order chi connectivity index (χ1) is 18.7. The van der Waals surface area contributed by atoms with E-state index >= 15 is 0 Å². The number of carbonyl (C=O) groups excluding carboxylic acids is 2. The summed E-state index contributed by atoms with van der Waals surface area (Å²) in [6.07, 6.45) is 0.